The summed E-state index contributed by atoms with van der Waals surface area (Å²) in [7, 11) is 2.95. The van der Waals surface area contributed by atoms with Crippen molar-refractivity contribution < 1.29 is 23.9 Å². The highest BCUT2D eigenvalue weighted by atomic mass is 16.5. The van der Waals surface area contributed by atoms with E-state index in [-0.39, 0.29) is 36.8 Å². The van der Waals surface area contributed by atoms with Crippen LogP contribution in [0.25, 0.3) is 0 Å². The maximum Gasteiger partial charge on any atom is 0.310 e. The van der Waals surface area contributed by atoms with Crippen LogP contribution in [0.2, 0.25) is 0 Å². The molecule has 1 aromatic rings. The van der Waals surface area contributed by atoms with Crippen molar-refractivity contribution in [2.45, 2.75) is 46.1 Å². The average Bonchev–Trinajstić information content (AvgIpc) is 3.10. The van der Waals surface area contributed by atoms with E-state index in [0.29, 0.717) is 13.1 Å². The van der Waals surface area contributed by atoms with Gasteiger partial charge < -0.3 is 19.3 Å². The van der Waals surface area contributed by atoms with Crippen LogP contribution >= 0.6 is 0 Å². The molecule has 166 valence electrons. The van der Waals surface area contributed by atoms with Gasteiger partial charge in [-0.15, -0.1) is 0 Å². The Hall–Kier alpha value is -2.57. The van der Waals surface area contributed by atoms with Crippen LogP contribution in [0.4, 0.5) is 0 Å². The highest BCUT2D eigenvalue weighted by molar-refractivity contribution is 5.90. The van der Waals surface area contributed by atoms with Gasteiger partial charge in [0, 0.05) is 26.1 Å². The SMILES string of the molecule is CCCCN1C(=O)CC(C(=O)N(CC)CC(C)C(=O)OC)C1c1ccc(OC)cc1. The van der Waals surface area contributed by atoms with E-state index < -0.39 is 11.8 Å². The van der Waals surface area contributed by atoms with Crippen molar-refractivity contribution in [1.82, 2.24) is 9.80 Å². The molecule has 1 aliphatic heterocycles. The number of ether oxygens (including phenoxy) is 2. The third kappa shape index (κ3) is 5.32. The second kappa shape index (κ2) is 11.0. The van der Waals surface area contributed by atoms with E-state index >= 15 is 0 Å². The predicted octanol–water partition coefficient (Wildman–Crippen LogP) is 3.04. The molecule has 2 rings (SSSR count). The summed E-state index contributed by atoms with van der Waals surface area (Å²) >= 11 is 0. The summed E-state index contributed by atoms with van der Waals surface area (Å²) in [6.07, 6.45) is 2.04. The second-order valence-electron chi connectivity index (χ2n) is 7.77. The molecule has 1 fully saturated rings. The van der Waals surface area contributed by atoms with Gasteiger partial charge in [-0.2, -0.15) is 0 Å². The number of hydrogen-bond acceptors (Lipinski definition) is 5. The zero-order chi connectivity index (χ0) is 22.3. The Kier molecular flexibility index (Phi) is 8.69. The molecule has 30 heavy (non-hydrogen) atoms. The van der Waals surface area contributed by atoms with Crippen molar-refractivity contribution in [2.24, 2.45) is 11.8 Å². The van der Waals surface area contributed by atoms with E-state index in [2.05, 4.69) is 6.92 Å². The van der Waals surface area contributed by atoms with Crippen LogP contribution < -0.4 is 4.74 Å². The lowest BCUT2D eigenvalue weighted by atomic mass is 9.91. The molecule has 3 atom stereocenters. The Morgan fingerprint density at radius 2 is 1.87 bits per heavy atom. The minimum Gasteiger partial charge on any atom is -0.497 e. The first-order valence-corrected chi connectivity index (χ1v) is 10.7. The summed E-state index contributed by atoms with van der Waals surface area (Å²) in [6.45, 7) is 7.08. The molecule has 1 heterocycles. The minimum atomic E-state index is -0.479. The van der Waals surface area contributed by atoms with Crippen molar-refractivity contribution in [2.75, 3.05) is 33.9 Å². The van der Waals surface area contributed by atoms with Crippen molar-refractivity contribution in [3.63, 3.8) is 0 Å². The molecule has 0 N–H and O–H groups in total. The Bertz CT molecular complexity index is 734. The van der Waals surface area contributed by atoms with Crippen LogP contribution in [0.15, 0.2) is 24.3 Å². The Balaban J connectivity index is 2.32. The van der Waals surface area contributed by atoms with Crippen LogP contribution in [0.3, 0.4) is 0 Å². The summed E-state index contributed by atoms with van der Waals surface area (Å²) in [5, 5.41) is 0. The number of esters is 1. The number of hydrogen-bond donors (Lipinski definition) is 0. The molecular formula is C23H34N2O5. The summed E-state index contributed by atoms with van der Waals surface area (Å²) in [5.74, 6) is -0.617. The fraction of sp³-hybridized carbons (Fsp3) is 0.609. The molecular weight excluding hydrogens is 384 g/mol. The largest absolute Gasteiger partial charge is 0.497 e. The molecule has 7 nitrogen and oxygen atoms in total. The molecule has 2 amide bonds. The lowest BCUT2D eigenvalue weighted by Crippen LogP contribution is -2.42. The molecule has 0 bridgehead atoms. The number of rotatable bonds is 10. The third-order valence-electron chi connectivity index (χ3n) is 5.75. The summed E-state index contributed by atoms with van der Waals surface area (Å²) in [4.78, 5) is 41.7. The van der Waals surface area contributed by atoms with Gasteiger partial charge in [-0.05, 0) is 31.0 Å². The lowest BCUT2D eigenvalue weighted by Gasteiger charge is -2.32. The molecule has 1 aromatic carbocycles. The van der Waals surface area contributed by atoms with E-state index in [9.17, 15) is 14.4 Å². The van der Waals surface area contributed by atoms with Crippen LogP contribution in [-0.2, 0) is 19.1 Å². The first-order valence-electron chi connectivity index (χ1n) is 10.7. The van der Waals surface area contributed by atoms with E-state index in [1.165, 1.54) is 7.11 Å². The molecule has 0 radical (unpaired) electrons. The monoisotopic (exact) mass is 418 g/mol. The number of carbonyl (C=O) groups excluding carboxylic acids is 3. The van der Waals surface area contributed by atoms with Crippen LogP contribution in [0.1, 0.15) is 51.6 Å². The fourth-order valence-electron chi connectivity index (χ4n) is 4.03. The topological polar surface area (TPSA) is 76.2 Å². The summed E-state index contributed by atoms with van der Waals surface area (Å²) < 4.78 is 10.1. The smallest absolute Gasteiger partial charge is 0.310 e. The molecule has 3 unspecified atom stereocenters. The van der Waals surface area contributed by atoms with E-state index in [0.717, 1.165) is 24.2 Å². The van der Waals surface area contributed by atoms with Gasteiger partial charge in [-0.3, -0.25) is 14.4 Å². The number of carbonyl (C=O) groups is 3. The molecule has 0 aliphatic carbocycles. The van der Waals surface area contributed by atoms with E-state index in [1.54, 1.807) is 18.9 Å². The Morgan fingerprint density at radius 3 is 2.40 bits per heavy atom. The number of likely N-dealkylation sites (tertiary alicyclic amines) is 1. The van der Waals surface area contributed by atoms with Gasteiger partial charge >= 0.3 is 5.97 Å². The number of benzene rings is 1. The van der Waals surface area contributed by atoms with Gasteiger partial charge in [0.1, 0.15) is 5.75 Å². The highest BCUT2D eigenvalue weighted by Crippen LogP contribution is 2.40. The Morgan fingerprint density at radius 1 is 1.20 bits per heavy atom. The number of unbranched alkanes of at least 4 members (excludes halogenated alkanes) is 1. The van der Waals surface area contributed by atoms with Crippen LogP contribution in [0, 0.1) is 11.8 Å². The molecule has 7 heteroatoms. The zero-order valence-corrected chi connectivity index (χ0v) is 18.7. The first kappa shape index (κ1) is 23.7. The predicted molar refractivity (Wildman–Crippen MR) is 114 cm³/mol. The quantitative estimate of drug-likeness (QED) is 0.546. The standard InChI is InChI=1S/C23H34N2O5/c1-6-8-13-25-20(26)14-19(21(25)17-9-11-18(29-4)12-10-17)22(27)24(7-2)15-16(3)23(28)30-5/h9-12,16,19,21H,6-8,13-15H2,1-5H3. The lowest BCUT2D eigenvalue weighted by molar-refractivity contribution is -0.147. The van der Waals surface area contributed by atoms with Crippen molar-refractivity contribution >= 4 is 17.8 Å². The normalized spacial score (nSPS) is 19.5. The highest BCUT2D eigenvalue weighted by Gasteiger charge is 2.45. The van der Waals surface area contributed by atoms with E-state index in [4.69, 9.17) is 9.47 Å². The van der Waals surface area contributed by atoms with Crippen molar-refractivity contribution in [1.29, 1.82) is 0 Å². The van der Waals surface area contributed by atoms with Crippen molar-refractivity contribution in [3.05, 3.63) is 29.8 Å². The third-order valence-corrected chi connectivity index (χ3v) is 5.75. The molecule has 1 aliphatic rings. The fourth-order valence-corrected chi connectivity index (χ4v) is 4.03. The summed E-state index contributed by atoms with van der Waals surface area (Å²) in [6, 6.07) is 7.25. The van der Waals surface area contributed by atoms with Gasteiger partial charge in [0.25, 0.3) is 0 Å². The molecule has 0 spiro atoms. The maximum absolute atomic E-state index is 13.5. The van der Waals surface area contributed by atoms with Gasteiger partial charge in [-0.25, -0.2) is 0 Å². The minimum absolute atomic E-state index is 0.000289. The second-order valence-corrected chi connectivity index (χ2v) is 7.77. The molecule has 0 saturated carbocycles. The van der Waals surface area contributed by atoms with Gasteiger partial charge in [-0.1, -0.05) is 32.4 Å². The molecule has 0 aromatic heterocycles. The van der Waals surface area contributed by atoms with Gasteiger partial charge in [0.05, 0.1) is 32.1 Å². The average molecular weight is 419 g/mol. The zero-order valence-electron chi connectivity index (χ0n) is 18.7. The van der Waals surface area contributed by atoms with Gasteiger partial charge in [0.15, 0.2) is 0 Å². The summed E-state index contributed by atoms with van der Waals surface area (Å²) in [5.41, 5.74) is 0.924. The van der Waals surface area contributed by atoms with Crippen LogP contribution in [0.5, 0.6) is 5.75 Å². The molecule has 1 saturated heterocycles. The Labute approximate surface area is 179 Å². The number of methoxy groups -OCH3 is 2. The first-order chi connectivity index (χ1) is 14.4. The van der Waals surface area contributed by atoms with Crippen LogP contribution in [-0.4, -0.2) is 61.4 Å². The maximum atomic E-state index is 13.5. The number of amides is 2. The number of nitrogens with zero attached hydrogens (tertiary/aromatic N) is 2. The van der Waals surface area contributed by atoms with Gasteiger partial charge in [0.2, 0.25) is 11.8 Å². The van der Waals surface area contributed by atoms with E-state index in [1.807, 2.05) is 36.1 Å². The van der Waals surface area contributed by atoms with Crippen molar-refractivity contribution in [3.8, 4) is 5.75 Å².